The molecule has 1 aromatic carbocycles. The van der Waals surface area contributed by atoms with E-state index in [0.29, 0.717) is 30.2 Å². The second kappa shape index (κ2) is 9.94. The highest BCUT2D eigenvalue weighted by Gasteiger charge is 2.35. The van der Waals surface area contributed by atoms with Crippen LogP contribution in [0, 0.1) is 12.8 Å². The fourth-order valence-electron chi connectivity index (χ4n) is 3.77. The average molecular weight is 490 g/mol. The molecule has 1 saturated heterocycles. The Labute approximate surface area is 197 Å². The highest BCUT2D eigenvalue weighted by Crippen LogP contribution is 2.29. The van der Waals surface area contributed by atoms with E-state index in [2.05, 4.69) is 10.5 Å². The van der Waals surface area contributed by atoms with E-state index in [-0.39, 0.29) is 41.3 Å². The number of hydrogen-bond acceptors (Lipinski definition) is 6. The Hall–Kier alpha value is -2.88. The van der Waals surface area contributed by atoms with E-state index in [1.807, 2.05) is 12.1 Å². The first-order chi connectivity index (χ1) is 15.8. The predicted octanol–water partition coefficient (Wildman–Crippen LogP) is 4.12. The third-order valence-electron chi connectivity index (χ3n) is 5.58. The summed E-state index contributed by atoms with van der Waals surface area (Å²) in [6.07, 6.45) is 5.55. The van der Waals surface area contributed by atoms with Gasteiger partial charge in [-0.1, -0.05) is 28.9 Å². The molecule has 3 heterocycles. The number of benzene rings is 1. The van der Waals surface area contributed by atoms with Gasteiger partial charge in [0.05, 0.1) is 6.26 Å². The zero-order chi connectivity index (χ0) is 23.4. The second-order valence-corrected chi connectivity index (χ2v) is 10.1. The normalized spacial score (nSPS) is 15.8. The lowest BCUT2D eigenvalue weighted by Gasteiger charge is -2.30. The van der Waals surface area contributed by atoms with E-state index in [9.17, 15) is 13.2 Å². The van der Waals surface area contributed by atoms with Crippen molar-refractivity contribution >= 4 is 39.7 Å². The van der Waals surface area contributed by atoms with Crippen molar-refractivity contribution in [3.8, 4) is 0 Å². The second-order valence-electron chi connectivity index (χ2n) is 7.83. The van der Waals surface area contributed by atoms with Crippen molar-refractivity contribution in [1.29, 1.82) is 0 Å². The van der Waals surface area contributed by atoms with Crippen molar-refractivity contribution in [2.45, 2.75) is 31.2 Å². The molecule has 4 rings (SSSR count). The topological polar surface area (TPSA) is 106 Å². The summed E-state index contributed by atoms with van der Waals surface area (Å²) in [7, 11) is -3.83. The van der Waals surface area contributed by atoms with Gasteiger partial charge < -0.3 is 14.3 Å². The van der Waals surface area contributed by atoms with E-state index < -0.39 is 10.0 Å². The van der Waals surface area contributed by atoms with Gasteiger partial charge in [-0.15, -0.1) is 0 Å². The van der Waals surface area contributed by atoms with E-state index in [0.717, 1.165) is 5.56 Å². The van der Waals surface area contributed by atoms with Crippen molar-refractivity contribution < 1.29 is 22.2 Å². The van der Waals surface area contributed by atoms with Gasteiger partial charge in [-0.2, -0.15) is 4.31 Å². The molecule has 3 aromatic rings. The molecule has 0 bridgehead atoms. The molecular formula is C23H24ClN3O5S. The van der Waals surface area contributed by atoms with Crippen molar-refractivity contribution in [2.75, 3.05) is 13.1 Å². The summed E-state index contributed by atoms with van der Waals surface area (Å²) < 4.78 is 38.5. The smallest absolute Gasteiger partial charge is 0.248 e. The predicted molar refractivity (Wildman–Crippen MR) is 124 cm³/mol. The zero-order valence-electron chi connectivity index (χ0n) is 18.0. The van der Waals surface area contributed by atoms with Crippen LogP contribution in [0.4, 0.5) is 0 Å². The van der Waals surface area contributed by atoms with Gasteiger partial charge in [-0.05, 0) is 61.7 Å². The van der Waals surface area contributed by atoms with Crippen molar-refractivity contribution in [3.05, 3.63) is 70.5 Å². The molecule has 8 nitrogen and oxygen atoms in total. The summed E-state index contributed by atoms with van der Waals surface area (Å²) in [4.78, 5) is 12.6. The lowest BCUT2D eigenvalue weighted by molar-refractivity contribution is -0.126. The lowest BCUT2D eigenvalue weighted by atomic mass is 9.97. The highest BCUT2D eigenvalue weighted by molar-refractivity contribution is 7.89. The summed E-state index contributed by atoms with van der Waals surface area (Å²) in [5.74, 6) is 0.389. The van der Waals surface area contributed by atoms with Crippen LogP contribution in [0.3, 0.4) is 0 Å². The molecule has 0 radical (unpaired) electrons. The first kappa shape index (κ1) is 23.3. The Balaban J connectivity index is 1.38. The number of carbonyl (C=O) groups excluding carboxylic acids is 1. The highest BCUT2D eigenvalue weighted by atomic mass is 35.5. The molecule has 0 unspecified atom stereocenters. The van der Waals surface area contributed by atoms with Crippen LogP contribution in [0.5, 0.6) is 0 Å². The number of halogens is 1. The molecule has 1 aliphatic heterocycles. The Morgan fingerprint density at radius 3 is 2.61 bits per heavy atom. The maximum absolute atomic E-state index is 13.3. The molecule has 1 amide bonds. The van der Waals surface area contributed by atoms with Gasteiger partial charge in [0, 0.05) is 30.6 Å². The molecule has 0 spiro atoms. The number of rotatable bonds is 7. The molecule has 1 fully saturated rings. The number of piperidine rings is 1. The monoisotopic (exact) mass is 489 g/mol. The average Bonchev–Trinajstić information content (AvgIpc) is 3.47. The summed E-state index contributed by atoms with van der Waals surface area (Å²) in [6.45, 7) is 2.48. The number of hydrogen-bond donors (Lipinski definition) is 1. The molecule has 2 aromatic heterocycles. The fraction of sp³-hybridized carbons (Fsp3) is 0.304. The number of nitrogens with zero attached hydrogens (tertiary/aromatic N) is 2. The Bertz CT molecular complexity index is 1230. The van der Waals surface area contributed by atoms with Crippen LogP contribution in [0.25, 0.3) is 12.2 Å². The number of amides is 1. The molecule has 0 atom stereocenters. The summed E-state index contributed by atoms with van der Waals surface area (Å²) in [5.41, 5.74) is 1.24. The molecule has 1 N–H and O–H groups in total. The minimum atomic E-state index is -3.83. The maximum atomic E-state index is 13.3. The molecule has 1 aliphatic rings. The van der Waals surface area contributed by atoms with Crippen LogP contribution in [0.1, 0.15) is 35.6 Å². The minimum Gasteiger partial charge on any atom is -0.465 e. The van der Waals surface area contributed by atoms with Gasteiger partial charge in [0.15, 0.2) is 10.7 Å². The fourth-order valence-corrected chi connectivity index (χ4v) is 5.61. The largest absolute Gasteiger partial charge is 0.465 e. The van der Waals surface area contributed by atoms with E-state index >= 15 is 0 Å². The third kappa shape index (κ3) is 5.38. The molecule has 0 aliphatic carbocycles. The quantitative estimate of drug-likeness (QED) is 0.535. The molecule has 174 valence electrons. The van der Waals surface area contributed by atoms with Gasteiger partial charge >= 0.3 is 0 Å². The minimum absolute atomic E-state index is 0.0379. The Morgan fingerprint density at radius 2 is 1.94 bits per heavy atom. The molecule has 0 saturated carbocycles. The van der Waals surface area contributed by atoms with Gasteiger partial charge in [0.1, 0.15) is 11.5 Å². The summed E-state index contributed by atoms with van der Waals surface area (Å²) >= 11 is 5.89. The van der Waals surface area contributed by atoms with Crippen LogP contribution in [0.15, 0.2) is 56.5 Å². The zero-order valence-corrected chi connectivity index (χ0v) is 19.6. The van der Waals surface area contributed by atoms with Crippen LogP contribution in [-0.4, -0.2) is 36.9 Å². The SMILES string of the molecule is Cc1noc(/C=C/c2ccco2)c1S(=O)(=O)N1CCC(C(=O)NCc2ccc(Cl)cc2)CC1. The number of nitrogens with one attached hydrogen (secondary N) is 1. The van der Waals surface area contributed by atoms with Crippen LogP contribution >= 0.6 is 11.6 Å². The van der Waals surface area contributed by atoms with Crippen molar-refractivity contribution in [1.82, 2.24) is 14.8 Å². The standard InChI is InChI=1S/C23H24ClN3O5S/c1-16-22(21(32-26-16)9-8-20-3-2-14-31-20)33(29,30)27-12-10-18(11-13-27)23(28)25-15-17-4-6-19(24)7-5-17/h2-9,14,18H,10-13,15H2,1H3,(H,25,28)/b9-8+. The van der Waals surface area contributed by atoms with E-state index in [1.54, 1.807) is 37.3 Å². The van der Waals surface area contributed by atoms with Crippen LogP contribution < -0.4 is 5.32 Å². The third-order valence-corrected chi connectivity index (χ3v) is 7.89. The Kier molecular flexibility index (Phi) is 7.02. The van der Waals surface area contributed by atoms with Gasteiger partial charge in [0.25, 0.3) is 0 Å². The number of aromatic nitrogens is 1. The van der Waals surface area contributed by atoms with Gasteiger partial charge in [-0.3, -0.25) is 4.79 Å². The number of carbonyl (C=O) groups is 1. The van der Waals surface area contributed by atoms with Crippen LogP contribution in [0.2, 0.25) is 5.02 Å². The first-order valence-corrected chi connectivity index (χ1v) is 12.4. The number of sulfonamides is 1. The lowest BCUT2D eigenvalue weighted by Crippen LogP contribution is -2.43. The van der Waals surface area contributed by atoms with Gasteiger partial charge in [0.2, 0.25) is 15.9 Å². The molecular weight excluding hydrogens is 466 g/mol. The van der Waals surface area contributed by atoms with Gasteiger partial charge in [-0.25, -0.2) is 8.42 Å². The van der Waals surface area contributed by atoms with E-state index in [1.165, 1.54) is 16.6 Å². The molecule has 33 heavy (non-hydrogen) atoms. The number of aryl methyl sites for hydroxylation is 1. The van der Waals surface area contributed by atoms with Crippen molar-refractivity contribution in [3.63, 3.8) is 0 Å². The van der Waals surface area contributed by atoms with E-state index in [4.69, 9.17) is 20.5 Å². The van der Waals surface area contributed by atoms with Crippen LogP contribution in [-0.2, 0) is 21.4 Å². The molecule has 10 heteroatoms. The number of furan rings is 1. The first-order valence-electron chi connectivity index (χ1n) is 10.5. The summed E-state index contributed by atoms with van der Waals surface area (Å²) in [6, 6.07) is 10.7. The maximum Gasteiger partial charge on any atom is 0.248 e. The Morgan fingerprint density at radius 1 is 1.21 bits per heavy atom. The summed E-state index contributed by atoms with van der Waals surface area (Å²) in [5, 5.41) is 7.41. The van der Waals surface area contributed by atoms with Crippen molar-refractivity contribution in [2.24, 2.45) is 5.92 Å².